The van der Waals surface area contributed by atoms with Gasteiger partial charge in [0, 0.05) is 16.6 Å². The summed E-state index contributed by atoms with van der Waals surface area (Å²) in [6.07, 6.45) is 1.94. The largest absolute Gasteiger partial charge is 0.484 e. The van der Waals surface area contributed by atoms with E-state index >= 15 is 0 Å². The molecule has 2 N–H and O–H groups in total. The van der Waals surface area contributed by atoms with E-state index in [1.54, 1.807) is 36.4 Å². The van der Waals surface area contributed by atoms with Crippen LogP contribution in [0.3, 0.4) is 0 Å². The Kier molecular flexibility index (Phi) is 5.78. The zero-order valence-electron chi connectivity index (χ0n) is 14.5. The standard InChI is InChI=1S/C20H21ClN2O3/c1-13(14-4-6-16(21)7-5-14)22-19(24)12-26-18-10-8-17(9-11-18)23-20(25)15-2-3-15/h4-11,13,15H,2-3,12H2,1H3,(H,22,24)(H,23,25). The smallest absolute Gasteiger partial charge is 0.258 e. The van der Waals surface area contributed by atoms with Crippen molar-refractivity contribution in [2.45, 2.75) is 25.8 Å². The van der Waals surface area contributed by atoms with E-state index in [2.05, 4.69) is 10.6 Å². The number of benzene rings is 2. The first-order chi connectivity index (χ1) is 12.5. The number of rotatable bonds is 7. The molecular weight excluding hydrogens is 352 g/mol. The van der Waals surface area contributed by atoms with Crippen molar-refractivity contribution in [3.05, 3.63) is 59.1 Å². The topological polar surface area (TPSA) is 67.4 Å². The number of carbonyl (C=O) groups excluding carboxylic acids is 2. The molecule has 1 saturated carbocycles. The Morgan fingerprint density at radius 3 is 2.38 bits per heavy atom. The molecule has 0 bridgehead atoms. The van der Waals surface area contributed by atoms with E-state index in [1.165, 1.54) is 0 Å². The van der Waals surface area contributed by atoms with Gasteiger partial charge in [0.1, 0.15) is 5.75 Å². The fraction of sp³-hybridized carbons (Fsp3) is 0.300. The quantitative estimate of drug-likeness (QED) is 0.773. The third-order valence-corrected chi connectivity index (χ3v) is 4.44. The Balaban J connectivity index is 1.44. The summed E-state index contributed by atoms with van der Waals surface area (Å²) < 4.78 is 5.50. The first-order valence-electron chi connectivity index (χ1n) is 8.60. The van der Waals surface area contributed by atoms with Gasteiger partial charge in [-0.3, -0.25) is 9.59 Å². The number of carbonyl (C=O) groups is 2. The lowest BCUT2D eigenvalue weighted by molar-refractivity contribution is -0.123. The molecule has 136 valence electrons. The highest BCUT2D eigenvalue weighted by atomic mass is 35.5. The number of anilines is 1. The lowest BCUT2D eigenvalue weighted by Crippen LogP contribution is -2.31. The summed E-state index contributed by atoms with van der Waals surface area (Å²) in [5, 5.41) is 6.40. The lowest BCUT2D eigenvalue weighted by atomic mass is 10.1. The van der Waals surface area contributed by atoms with E-state index in [-0.39, 0.29) is 30.4 Å². The first-order valence-corrected chi connectivity index (χ1v) is 8.97. The minimum absolute atomic E-state index is 0.0641. The number of halogens is 1. The van der Waals surface area contributed by atoms with Crippen molar-refractivity contribution in [1.82, 2.24) is 5.32 Å². The van der Waals surface area contributed by atoms with Crippen molar-refractivity contribution in [2.75, 3.05) is 11.9 Å². The molecular formula is C20H21ClN2O3. The Morgan fingerprint density at radius 2 is 1.77 bits per heavy atom. The van der Waals surface area contributed by atoms with Crippen LogP contribution in [0.4, 0.5) is 5.69 Å². The van der Waals surface area contributed by atoms with Gasteiger partial charge in [-0.1, -0.05) is 23.7 Å². The molecule has 1 aliphatic rings. The highest BCUT2D eigenvalue weighted by Gasteiger charge is 2.29. The van der Waals surface area contributed by atoms with Gasteiger partial charge in [-0.25, -0.2) is 0 Å². The van der Waals surface area contributed by atoms with Gasteiger partial charge in [-0.05, 0) is 61.7 Å². The molecule has 6 heteroatoms. The Morgan fingerprint density at radius 1 is 1.12 bits per heavy atom. The summed E-state index contributed by atoms with van der Waals surface area (Å²) in [5.41, 5.74) is 1.70. The number of nitrogens with one attached hydrogen (secondary N) is 2. The Bertz CT molecular complexity index is 771. The summed E-state index contributed by atoms with van der Waals surface area (Å²) in [6, 6.07) is 14.2. The van der Waals surface area contributed by atoms with Gasteiger partial charge < -0.3 is 15.4 Å². The van der Waals surface area contributed by atoms with Crippen molar-refractivity contribution in [2.24, 2.45) is 5.92 Å². The Labute approximate surface area is 157 Å². The van der Waals surface area contributed by atoms with Crippen LogP contribution in [0.5, 0.6) is 5.75 Å². The molecule has 0 aliphatic heterocycles. The average Bonchev–Trinajstić information content (AvgIpc) is 3.47. The summed E-state index contributed by atoms with van der Waals surface area (Å²) in [7, 11) is 0. The molecule has 2 aromatic carbocycles. The molecule has 2 aromatic rings. The fourth-order valence-corrected chi connectivity index (χ4v) is 2.62. The van der Waals surface area contributed by atoms with E-state index < -0.39 is 0 Å². The van der Waals surface area contributed by atoms with E-state index in [9.17, 15) is 9.59 Å². The molecule has 5 nitrogen and oxygen atoms in total. The van der Waals surface area contributed by atoms with Crippen LogP contribution in [0, 0.1) is 5.92 Å². The van der Waals surface area contributed by atoms with Gasteiger partial charge in [0.15, 0.2) is 6.61 Å². The fourth-order valence-electron chi connectivity index (χ4n) is 2.49. The second-order valence-corrected chi connectivity index (χ2v) is 6.85. The molecule has 3 rings (SSSR count). The normalized spacial score (nSPS) is 14.4. The van der Waals surface area contributed by atoms with Crippen LogP contribution in [0.25, 0.3) is 0 Å². The van der Waals surface area contributed by atoms with Crippen LogP contribution in [0.2, 0.25) is 5.02 Å². The molecule has 0 radical (unpaired) electrons. The van der Waals surface area contributed by atoms with Crippen LogP contribution in [-0.4, -0.2) is 18.4 Å². The average molecular weight is 373 g/mol. The SMILES string of the molecule is CC(NC(=O)COc1ccc(NC(=O)C2CC2)cc1)c1ccc(Cl)cc1. The highest BCUT2D eigenvalue weighted by Crippen LogP contribution is 2.30. The lowest BCUT2D eigenvalue weighted by Gasteiger charge is -2.15. The molecule has 1 atom stereocenters. The summed E-state index contributed by atoms with van der Waals surface area (Å²) in [4.78, 5) is 23.8. The third-order valence-electron chi connectivity index (χ3n) is 4.19. The summed E-state index contributed by atoms with van der Waals surface area (Å²) in [6.45, 7) is 1.82. The minimum atomic E-state index is -0.210. The van der Waals surface area contributed by atoms with Crippen molar-refractivity contribution < 1.29 is 14.3 Å². The molecule has 1 aliphatic carbocycles. The van der Waals surface area contributed by atoms with Crippen LogP contribution < -0.4 is 15.4 Å². The van der Waals surface area contributed by atoms with E-state index in [4.69, 9.17) is 16.3 Å². The molecule has 26 heavy (non-hydrogen) atoms. The molecule has 1 unspecified atom stereocenters. The summed E-state index contributed by atoms with van der Waals surface area (Å²) >= 11 is 5.87. The van der Waals surface area contributed by atoms with Gasteiger partial charge in [0.2, 0.25) is 5.91 Å². The van der Waals surface area contributed by atoms with Gasteiger partial charge >= 0.3 is 0 Å². The van der Waals surface area contributed by atoms with Gasteiger partial charge in [0.05, 0.1) is 6.04 Å². The Hall–Kier alpha value is -2.53. The van der Waals surface area contributed by atoms with E-state index in [0.717, 1.165) is 24.1 Å². The maximum absolute atomic E-state index is 12.0. The molecule has 1 fully saturated rings. The maximum atomic E-state index is 12.0. The second-order valence-electron chi connectivity index (χ2n) is 6.42. The van der Waals surface area contributed by atoms with Crippen LogP contribution in [-0.2, 0) is 9.59 Å². The number of hydrogen-bond donors (Lipinski definition) is 2. The molecule has 0 saturated heterocycles. The van der Waals surface area contributed by atoms with Gasteiger partial charge in [0.25, 0.3) is 5.91 Å². The highest BCUT2D eigenvalue weighted by molar-refractivity contribution is 6.30. The first kappa shape index (κ1) is 18.3. The summed E-state index contributed by atoms with van der Waals surface area (Å²) in [5.74, 6) is 0.591. The second kappa shape index (κ2) is 8.23. The third kappa shape index (κ3) is 5.23. The monoisotopic (exact) mass is 372 g/mol. The van der Waals surface area contributed by atoms with Crippen molar-refractivity contribution in [3.8, 4) is 5.75 Å². The minimum Gasteiger partial charge on any atom is -0.484 e. The number of amides is 2. The zero-order chi connectivity index (χ0) is 18.5. The molecule has 0 aromatic heterocycles. The predicted octanol–water partition coefficient (Wildman–Crippen LogP) is 3.94. The predicted molar refractivity (Wildman–Crippen MR) is 101 cm³/mol. The van der Waals surface area contributed by atoms with Gasteiger partial charge in [-0.2, -0.15) is 0 Å². The number of ether oxygens (including phenoxy) is 1. The molecule has 0 heterocycles. The van der Waals surface area contributed by atoms with Crippen molar-refractivity contribution in [1.29, 1.82) is 0 Å². The van der Waals surface area contributed by atoms with Crippen LogP contribution in [0.1, 0.15) is 31.4 Å². The maximum Gasteiger partial charge on any atom is 0.258 e. The number of hydrogen-bond acceptors (Lipinski definition) is 3. The molecule has 2 amide bonds. The van der Waals surface area contributed by atoms with E-state index in [0.29, 0.717) is 10.8 Å². The molecule has 0 spiro atoms. The van der Waals surface area contributed by atoms with Crippen molar-refractivity contribution >= 4 is 29.1 Å². The van der Waals surface area contributed by atoms with Crippen LogP contribution >= 0.6 is 11.6 Å². The van der Waals surface area contributed by atoms with Crippen LogP contribution in [0.15, 0.2) is 48.5 Å². The zero-order valence-corrected chi connectivity index (χ0v) is 15.3. The van der Waals surface area contributed by atoms with E-state index in [1.807, 2.05) is 19.1 Å². The van der Waals surface area contributed by atoms with Gasteiger partial charge in [-0.15, -0.1) is 0 Å². The van der Waals surface area contributed by atoms with Crippen molar-refractivity contribution in [3.63, 3.8) is 0 Å².